The molecule has 8 heteroatoms. The van der Waals surface area contributed by atoms with E-state index in [-0.39, 0.29) is 16.8 Å². The second-order valence-electron chi connectivity index (χ2n) is 4.93. The number of rotatable bonds is 6. The summed E-state index contributed by atoms with van der Waals surface area (Å²) in [6, 6.07) is 9.29. The second-order valence-corrected chi connectivity index (χ2v) is 4.93. The lowest BCUT2D eigenvalue weighted by atomic mass is 10.0. The number of nitrogens with zero attached hydrogens (tertiary/aromatic N) is 1. The first-order valence-electron chi connectivity index (χ1n) is 6.88. The second kappa shape index (κ2) is 7.32. The largest absolute Gasteiger partial charge is 0.550 e. The average Bonchev–Trinajstić information content (AvgIpc) is 2.54. The molecule has 0 radical (unpaired) electrons. The van der Waals surface area contributed by atoms with Crippen molar-refractivity contribution >= 4 is 17.6 Å². The molecular formula is C16H12FN2O5-. The van der Waals surface area contributed by atoms with Gasteiger partial charge in [0.05, 0.1) is 16.5 Å². The monoisotopic (exact) mass is 331 g/mol. The highest BCUT2D eigenvalue weighted by Gasteiger charge is 2.20. The summed E-state index contributed by atoms with van der Waals surface area (Å²) in [6.07, 6.45) is -0.610. The van der Waals surface area contributed by atoms with Crippen LogP contribution in [0.2, 0.25) is 0 Å². The fourth-order valence-electron chi connectivity index (χ4n) is 2.16. The predicted octanol–water partition coefficient (Wildman–Crippen LogP) is 1.35. The highest BCUT2D eigenvalue weighted by molar-refractivity contribution is 5.94. The van der Waals surface area contributed by atoms with Crippen LogP contribution in [-0.2, 0) is 4.79 Å². The lowest BCUT2D eigenvalue weighted by Crippen LogP contribution is -2.34. The van der Waals surface area contributed by atoms with Crippen molar-refractivity contribution in [2.45, 2.75) is 12.5 Å². The molecule has 1 N–H and O–H groups in total. The first kappa shape index (κ1) is 17.1. The van der Waals surface area contributed by atoms with Crippen LogP contribution in [0.3, 0.4) is 0 Å². The third kappa shape index (κ3) is 4.13. The number of nitro benzene ring substituents is 1. The van der Waals surface area contributed by atoms with E-state index in [0.717, 1.165) is 12.1 Å². The van der Waals surface area contributed by atoms with Gasteiger partial charge in [-0.1, -0.05) is 24.3 Å². The number of nitro groups is 1. The van der Waals surface area contributed by atoms with E-state index in [1.165, 1.54) is 36.4 Å². The third-order valence-corrected chi connectivity index (χ3v) is 3.28. The Morgan fingerprint density at radius 2 is 1.88 bits per heavy atom. The number of hydrogen-bond acceptors (Lipinski definition) is 5. The van der Waals surface area contributed by atoms with Gasteiger partial charge in [-0.25, -0.2) is 4.39 Å². The third-order valence-electron chi connectivity index (χ3n) is 3.28. The van der Waals surface area contributed by atoms with Crippen molar-refractivity contribution in [2.75, 3.05) is 0 Å². The van der Waals surface area contributed by atoms with Gasteiger partial charge in [0.25, 0.3) is 11.6 Å². The van der Waals surface area contributed by atoms with Gasteiger partial charge in [-0.05, 0) is 17.7 Å². The topological polar surface area (TPSA) is 112 Å². The van der Waals surface area contributed by atoms with Crippen LogP contribution in [0.5, 0.6) is 0 Å². The Hall–Kier alpha value is -3.29. The molecule has 2 aromatic carbocycles. The lowest BCUT2D eigenvalue weighted by Gasteiger charge is -2.20. The lowest BCUT2D eigenvalue weighted by molar-refractivity contribution is -0.385. The Morgan fingerprint density at radius 3 is 2.50 bits per heavy atom. The van der Waals surface area contributed by atoms with E-state index in [4.69, 9.17) is 0 Å². The van der Waals surface area contributed by atoms with Gasteiger partial charge >= 0.3 is 0 Å². The smallest absolute Gasteiger partial charge is 0.269 e. The minimum atomic E-state index is -1.46. The molecule has 7 nitrogen and oxygen atoms in total. The minimum absolute atomic E-state index is 0.207. The van der Waals surface area contributed by atoms with E-state index < -0.39 is 35.1 Å². The van der Waals surface area contributed by atoms with Gasteiger partial charge in [-0.2, -0.15) is 0 Å². The zero-order valence-electron chi connectivity index (χ0n) is 12.3. The standard InChI is InChI=1S/C16H13FN2O5/c17-13-7-2-1-6-12(13)16(22)18-14(9-15(20)21)10-4-3-5-11(8-10)19(23)24/h1-8,14H,9H2,(H,18,22)(H,20,21)/p-1. The molecule has 0 saturated carbocycles. The molecule has 124 valence electrons. The average molecular weight is 331 g/mol. The molecular weight excluding hydrogens is 319 g/mol. The van der Waals surface area contributed by atoms with E-state index in [9.17, 15) is 29.2 Å². The van der Waals surface area contributed by atoms with Gasteiger partial charge in [-0.3, -0.25) is 14.9 Å². The summed E-state index contributed by atoms with van der Waals surface area (Å²) in [4.78, 5) is 33.3. The Bertz CT molecular complexity index is 794. The minimum Gasteiger partial charge on any atom is -0.550 e. The fraction of sp³-hybridized carbons (Fsp3) is 0.125. The van der Waals surface area contributed by atoms with Gasteiger partial charge in [0.1, 0.15) is 5.82 Å². The molecule has 0 fully saturated rings. The molecule has 0 aliphatic rings. The number of carbonyl (C=O) groups excluding carboxylic acids is 2. The molecule has 0 heterocycles. The van der Waals surface area contributed by atoms with E-state index in [0.29, 0.717) is 0 Å². The number of carboxylic acid groups (broad SMARTS) is 1. The van der Waals surface area contributed by atoms with Gasteiger partial charge in [0.2, 0.25) is 0 Å². The molecule has 2 aromatic rings. The molecule has 0 aliphatic heterocycles. The number of amides is 1. The first-order valence-corrected chi connectivity index (χ1v) is 6.88. The van der Waals surface area contributed by atoms with Crippen molar-refractivity contribution < 1.29 is 24.0 Å². The summed E-state index contributed by atoms with van der Waals surface area (Å²) in [5.41, 5.74) is -0.305. The number of halogens is 1. The highest BCUT2D eigenvalue weighted by Crippen LogP contribution is 2.22. The molecule has 0 aromatic heterocycles. The van der Waals surface area contributed by atoms with Crippen molar-refractivity contribution in [3.05, 3.63) is 75.6 Å². The summed E-state index contributed by atoms with van der Waals surface area (Å²) >= 11 is 0. The zero-order valence-corrected chi connectivity index (χ0v) is 12.3. The van der Waals surface area contributed by atoms with Crippen molar-refractivity contribution in [2.24, 2.45) is 0 Å². The molecule has 1 atom stereocenters. The van der Waals surface area contributed by atoms with Crippen LogP contribution in [0, 0.1) is 15.9 Å². The summed E-state index contributed by atoms with van der Waals surface area (Å²) in [5, 5.41) is 24.1. The first-order chi connectivity index (χ1) is 11.4. The Labute approximate surface area is 135 Å². The summed E-state index contributed by atoms with van der Waals surface area (Å²) in [6.45, 7) is 0. The maximum atomic E-state index is 13.6. The molecule has 1 amide bonds. The number of aliphatic carboxylic acids is 1. The van der Waals surface area contributed by atoms with E-state index in [1.807, 2.05) is 0 Å². The predicted molar refractivity (Wildman–Crippen MR) is 79.3 cm³/mol. The van der Waals surface area contributed by atoms with Gasteiger partial charge < -0.3 is 15.2 Å². The van der Waals surface area contributed by atoms with Crippen LogP contribution in [0.4, 0.5) is 10.1 Å². The van der Waals surface area contributed by atoms with Gasteiger partial charge in [0, 0.05) is 24.5 Å². The van der Waals surface area contributed by atoms with Crippen LogP contribution >= 0.6 is 0 Å². The molecule has 1 unspecified atom stereocenters. The number of benzene rings is 2. The van der Waals surface area contributed by atoms with Crippen LogP contribution in [0.15, 0.2) is 48.5 Å². The highest BCUT2D eigenvalue weighted by atomic mass is 19.1. The molecule has 0 saturated heterocycles. The van der Waals surface area contributed by atoms with Crippen LogP contribution in [0.1, 0.15) is 28.4 Å². The molecule has 24 heavy (non-hydrogen) atoms. The Balaban J connectivity index is 2.30. The maximum Gasteiger partial charge on any atom is 0.269 e. The molecule has 2 rings (SSSR count). The van der Waals surface area contributed by atoms with E-state index in [2.05, 4.69) is 5.32 Å². The Kier molecular flexibility index (Phi) is 5.20. The van der Waals surface area contributed by atoms with Crippen LogP contribution in [-0.4, -0.2) is 16.8 Å². The summed E-state index contributed by atoms with van der Waals surface area (Å²) in [7, 11) is 0. The maximum absolute atomic E-state index is 13.6. The van der Waals surface area contributed by atoms with Crippen LogP contribution in [0.25, 0.3) is 0 Å². The van der Waals surface area contributed by atoms with Crippen LogP contribution < -0.4 is 10.4 Å². The molecule has 0 aliphatic carbocycles. The van der Waals surface area contributed by atoms with Crippen molar-refractivity contribution in [1.82, 2.24) is 5.32 Å². The van der Waals surface area contributed by atoms with Gasteiger partial charge in [0.15, 0.2) is 0 Å². The van der Waals surface area contributed by atoms with Gasteiger partial charge in [-0.15, -0.1) is 0 Å². The van der Waals surface area contributed by atoms with Crippen molar-refractivity contribution in [3.63, 3.8) is 0 Å². The van der Waals surface area contributed by atoms with Crippen molar-refractivity contribution in [3.8, 4) is 0 Å². The van der Waals surface area contributed by atoms with E-state index >= 15 is 0 Å². The quantitative estimate of drug-likeness (QED) is 0.634. The summed E-state index contributed by atoms with van der Waals surface area (Å²) < 4.78 is 13.6. The van der Waals surface area contributed by atoms with Crippen molar-refractivity contribution in [1.29, 1.82) is 0 Å². The number of hydrogen-bond donors (Lipinski definition) is 1. The number of carboxylic acids is 1. The molecule has 0 bridgehead atoms. The number of carbonyl (C=O) groups is 2. The Morgan fingerprint density at radius 1 is 1.17 bits per heavy atom. The number of nitrogens with one attached hydrogen (secondary N) is 1. The SMILES string of the molecule is O=C([O-])CC(NC(=O)c1ccccc1F)c1cccc([N+](=O)[O-])c1. The number of non-ortho nitro benzene ring substituents is 1. The molecule has 0 spiro atoms. The fourth-order valence-corrected chi connectivity index (χ4v) is 2.16. The summed E-state index contributed by atoms with van der Waals surface area (Å²) in [5.74, 6) is -3.05. The zero-order chi connectivity index (χ0) is 17.7. The normalized spacial score (nSPS) is 11.5. The van der Waals surface area contributed by atoms with E-state index in [1.54, 1.807) is 0 Å².